The lowest BCUT2D eigenvalue weighted by atomic mass is 9.98. The van der Waals surface area contributed by atoms with Gasteiger partial charge in [-0.05, 0) is 47.8 Å². The molecule has 1 fully saturated rings. The van der Waals surface area contributed by atoms with Crippen LogP contribution in [0.2, 0.25) is 0 Å². The van der Waals surface area contributed by atoms with Crippen LogP contribution in [0, 0.1) is 5.82 Å². The van der Waals surface area contributed by atoms with E-state index in [1.807, 2.05) is 17.5 Å². The lowest BCUT2D eigenvalue weighted by molar-refractivity contribution is -0.140. The Hall–Kier alpha value is -3.32. The topological polar surface area (TPSA) is 70.5 Å². The molecule has 3 heterocycles. The maximum Gasteiger partial charge on any atom is 0.296 e. The zero-order valence-corrected chi connectivity index (χ0v) is 15.4. The number of pyridine rings is 1. The zero-order valence-electron chi connectivity index (χ0n) is 14.6. The van der Waals surface area contributed by atoms with Crippen molar-refractivity contribution in [1.29, 1.82) is 0 Å². The Balaban J connectivity index is 1.85. The highest BCUT2D eigenvalue weighted by atomic mass is 32.1. The minimum atomic E-state index is -0.826. The van der Waals surface area contributed by atoms with Crippen LogP contribution in [0.5, 0.6) is 0 Å². The molecule has 3 aromatic rings. The summed E-state index contributed by atoms with van der Waals surface area (Å²) >= 11 is 1.47. The molecule has 0 spiro atoms. The molecular formula is C21H15FN2O3S. The van der Waals surface area contributed by atoms with Crippen molar-refractivity contribution in [2.24, 2.45) is 0 Å². The summed E-state index contributed by atoms with van der Waals surface area (Å²) in [5, 5.41) is 12.7. The second-order valence-corrected chi connectivity index (χ2v) is 7.30. The fourth-order valence-electron chi connectivity index (χ4n) is 3.22. The number of benzene rings is 1. The molecule has 1 aliphatic rings. The number of hydrogen-bond acceptors (Lipinski definition) is 5. The van der Waals surface area contributed by atoms with Crippen LogP contribution in [0.4, 0.5) is 4.39 Å². The van der Waals surface area contributed by atoms with E-state index in [1.165, 1.54) is 40.5 Å². The molecule has 0 saturated carbocycles. The van der Waals surface area contributed by atoms with Crippen LogP contribution < -0.4 is 0 Å². The number of aliphatic hydroxyl groups excluding tert-OH is 1. The number of thiophene rings is 1. The number of nitrogens with zero attached hydrogens (tertiary/aromatic N) is 2. The molecule has 1 aliphatic heterocycles. The lowest BCUT2D eigenvalue weighted by Crippen LogP contribution is -2.29. The van der Waals surface area contributed by atoms with Crippen molar-refractivity contribution in [2.75, 3.05) is 0 Å². The molecule has 7 heteroatoms. The predicted octanol–water partition coefficient (Wildman–Crippen LogP) is 3.90. The summed E-state index contributed by atoms with van der Waals surface area (Å²) in [5.41, 5.74) is 0.685. The molecular weight excluding hydrogens is 379 g/mol. The molecule has 5 nitrogen and oxygen atoms in total. The molecule has 1 N–H and O–H groups in total. The second-order valence-electron chi connectivity index (χ2n) is 6.27. The van der Waals surface area contributed by atoms with Crippen molar-refractivity contribution < 1.29 is 19.1 Å². The van der Waals surface area contributed by atoms with Crippen molar-refractivity contribution >= 4 is 28.8 Å². The molecule has 1 unspecified atom stereocenters. The number of aromatic nitrogens is 1. The van der Waals surface area contributed by atoms with E-state index in [9.17, 15) is 19.1 Å². The molecule has 0 radical (unpaired) electrons. The molecule has 1 atom stereocenters. The third-order valence-corrected chi connectivity index (χ3v) is 5.39. The Kier molecular flexibility index (Phi) is 4.75. The normalized spacial score (nSPS) is 18.6. The first kappa shape index (κ1) is 18.1. The third-order valence-electron chi connectivity index (χ3n) is 4.53. The first-order valence-electron chi connectivity index (χ1n) is 8.54. The zero-order chi connectivity index (χ0) is 19.7. The Morgan fingerprint density at radius 2 is 1.89 bits per heavy atom. The van der Waals surface area contributed by atoms with Gasteiger partial charge in [-0.2, -0.15) is 0 Å². The van der Waals surface area contributed by atoms with E-state index in [-0.39, 0.29) is 23.4 Å². The van der Waals surface area contributed by atoms with Crippen LogP contribution in [0.1, 0.15) is 22.2 Å². The molecule has 0 bridgehead atoms. The van der Waals surface area contributed by atoms with Gasteiger partial charge in [0.05, 0.1) is 17.8 Å². The van der Waals surface area contributed by atoms with Gasteiger partial charge >= 0.3 is 0 Å². The van der Waals surface area contributed by atoms with Gasteiger partial charge in [-0.1, -0.05) is 12.1 Å². The summed E-state index contributed by atoms with van der Waals surface area (Å²) in [4.78, 5) is 32.2. The van der Waals surface area contributed by atoms with Crippen LogP contribution in [-0.4, -0.2) is 26.7 Å². The smallest absolute Gasteiger partial charge is 0.296 e. The van der Waals surface area contributed by atoms with Gasteiger partial charge in [-0.15, -0.1) is 11.3 Å². The molecule has 0 aliphatic carbocycles. The van der Waals surface area contributed by atoms with Crippen molar-refractivity contribution in [3.63, 3.8) is 0 Å². The van der Waals surface area contributed by atoms with Gasteiger partial charge in [0.2, 0.25) is 0 Å². The van der Waals surface area contributed by atoms with Crippen molar-refractivity contribution in [2.45, 2.75) is 12.6 Å². The van der Waals surface area contributed by atoms with Gasteiger partial charge < -0.3 is 10.0 Å². The number of carbonyl (C=O) groups excluding carboxylic acids is 2. The number of amides is 1. The van der Waals surface area contributed by atoms with E-state index in [0.717, 1.165) is 4.88 Å². The summed E-state index contributed by atoms with van der Waals surface area (Å²) < 4.78 is 13.2. The van der Waals surface area contributed by atoms with E-state index in [2.05, 4.69) is 4.98 Å². The Morgan fingerprint density at radius 3 is 2.54 bits per heavy atom. The molecule has 1 saturated heterocycles. The second kappa shape index (κ2) is 7.36. The van der Waals surface area contributed by atoms with E-state index in [4.69, 9.17) is 0 Å². The number of Topliss-reactive ketones (excluding diaryl/α,β-unsaturated/α-hetero) is 1. The summed E-state index contributed by atoms with van der Waals surface area (Å²) in [6, 6.07) is 13.2. The predicted molar refractivity (Wildman–Crippen MR) is 103 cm³/mol. The summed E-state index contributed by atoms with van der Waals surface area (Å²) in [5.74, 6) is -2.29. The first-order chi connectivity index (χ1) is 13.6. The number of aliphatic hydroxyl groups is 1. The molecule has 140 valence electrons. The van der Waals surface area contributed by atoms with E-state index >= 15 is 0 Å². The Morgan fingerprint density at radius 1 is 1.11 bits per heavy atom. The first-order valence-corrected chi connectivity index (χ1v) is 9.42. The van der Waals surface area contributed by atoms with Gasteiger partial charge in [0, 0.05) is 16.6 Å². The minimum absolute atomic E-state index is 0.0492. The average Bonchev–Trinajstić information content (AvgIpc) is 3.31. The largest absolute Gasteiger partial charge is 0.507 e. The SMILES string of the molecule is O=C1C(=O)N(Cc2cccs2)C(c2ccccn2)/C1=C(/O)c1ccc(F)cc1. The van der Waals surface area contributed by atoms with Crippen molar-refractivity contribution in [3.8, 4) is 0 Å². The lowest BCUT2D eigenvalue weighted by Gasteiger charge is -2.24. The molecule has 2 aromatic heterocycles. The van der Waals surface area contributed by atoms with Crippen LogP contribution >= 0.6 is 11.3 Å². The standard InChI is InChI=1S/C21H15FN2O3S/c22-14-8-6-13(7-9-14)19(25)17-18(16-5-1-2-10-23-16)24(21(27)20(17)26)12-15-4-3-11-28-15/h1-11,18,25H,12H2/b19-17-. The Bertz CT molecular complexity index is 1050. The highest BCUT2D eigenvalue weighted by molar-refractivity contribution is 7.09. The van der Waals surface area contributed by atoms with E-state index in [0.29, 0.717) is 5.69 Å². The van der Waals surface area contributed by atoms with E-state index in [1.54, 1.807) is 24.4 Å². The molecule has 28 heavy (non-hydrogen) atoms. The van der Waals surface area contributed by atoms with Gasteiger partial charge in [0.15, 0.2) is 0 Å². The third kappa shape index (κ3) is 3.20. The maximum atomic E-state index is 13.2. The molecule has 4 rings (SSSR count). The fraction of sp³-hybridized carbons (Fsp3) is 0.0952. The van der Waals surface area contributed by atoms with Gasteiger partial charge in [0.25, 0.3) is 11.7 Å². The van der Waals surface area contributed by atoms with Crippen LogP contribution in [-0.2, 0) is 16.1 Å². The van der Waals surface area contributed by atoms with Gasteiger partial charge in [-0.25, -0.2) is 4.39 Å². The number of ketones is 1. The van der Waals surface area contributed by atoms with Crippen molar-refractivity contribution in [1.82, 2.24) is 9.88 Å². The minimum Gasteiger partial charge on any atom is -0.507 e. The molecule has 1 amide bonds. The number of hydrogen-bond donors (Lipinski definition) is 1. The van der Waals surface area contributed by atoms with Gasteiger partial charge in [0.1, 0.15) is 17.6 Å². The number of rotatable bonds is 4. The van der Waals surface area contributed by atoms with Gasteiger partial charge in [-0.3, -0.25) is 14.6 Å². The van der Waals surface area contributed by atoms with Crippen LogP contribution in [0.15, 0.2) is 71.7 Å². The maximum absolute atomic E-state index is 13.2. The van der Waals surface area contributed by atoms with Crippen LogP contribution in [0.3, 0.4) is 0 Å². The quantitative estimate of drug-likeness (QED) is 0.414. The average molecular weight is 394 g/mol. The Labute approximate surface area is 164 Å². The fourth-order valence-corrected chi connectivity index (χ4v) is 3.92. The number of likely N-dealkylation sites (tertiary alicyclic amines) is 1. The summed E-state index contributed by atoms with van der Waals surface area (Å²) in [6.07, 6.45) is 1.57. The van der Waals surface area contributed by atoms with Crippen LogP contribution in [0.25, 0.3) is 5.76 Å². The highest BCUT2D eigenvalue weighted by Gasteiger charge is 2.46. The summed E-state index contributed by atoms with van der Waals surface area (Å²) in [6.45, 7) is 0.226. The monoisotopic (exact) mass is 394 g/mol. The highest BCUT2D eigenvalue weighted by Crippen LogP contribution is 2.39. The molecule has 1 aromatic carbocycles. The number of carbonyl (C=O) groups is 2. The number of halogens is 1. The van der Waals surface area contributed by atoms with Crippen molar-refractivity contribution in [3.05, 3.63) is 93.7 Å². The summed E-state index contributed by atoms with van der Waals surface area (Å²) in [7, 11) is 0. The van der Waals surface area contributed by atoms with E-state index < -0.39 is 23.5 Å².